The maximum atomic E-state index is 12.4. The first-order chi connectivity index (χ1) is 12.3. The number of ether oxygens (including phenoxy) is 2. The standard InChI is InChI=1S/C18H22N2O5S/c1-4-25-15-11-9-14(10-12-15)19-18(21)13-20(26(3,22)23)16-7-5-6-8-17(16)24-2/h5-12H,4,13H2,1-3H3,(H,19,21). The molecule has 0 heterocycles. The summed E-state index contributed by atoms with van der Waals surface area (Å²) in [5, 5.41) is 2.68. The quantitative estimate of drug-likeness (QED) is 0.763. The third-order valence-corrected chi connectivity index (χ3v) is 4.62. The van der Waals surface area contributed by atoms with Crippen LogP contribution in [0.5, 0.6) is 11.5 Å². The van der Waals surface area contributed by atoms with Crippen LogP contribution in [-0.4, -0.2) is 40.8 Å². The van der Waals surface area contributed by atoms with Crippen molar-refractivity contribution in [2.24, 2.45) is 0 Å². The van der Waals surface area contributed by atoms with E-state index in [9.17, 15) is 13.2 Å². The van der Waals surface area contributed by atoms with E-state index < -0.39 is 15.9 Å². The lowest BCUT2D eigenvalue weighted by atomic mass is 10.3. The first-order valence-electron chi connectivity index (χ1n) is 7.98. The molecule has 8 heteroatoms. The summed E-state index contributed by atoms with van der Waals surface area (Å²) in [5.41, 5.74) is 0.853. The van der Waals surface area contributed by atoms with Gasteiger partial charge < -0.3 is 14.8 Å². The van der Waals surface area contributed by atoms with Crippen molar-refractivity contribution in [1.29, 1.82) is 0 Å². The molecule has 0 bridgehead atoms. The highest BCUT2D eigenvalue weighted by Gasteiger charge is 2.23. The van der Waals surface area contributed by atoms with Gasteiger partial charge in [-0.1, -0.05) is 12.1 Å². The molecule has 2 aromatic carbocycles. The van der Waals surface area contributed by atoms with Gasteiger partial charge in [0.1, 0.15) is 18.0 Å². The van der Waals surface area contributed by atoms with E-state index in [-0.39, 0.29) is 6.54 Å². The summed E-state index contributed by atoms with van der Waals surface area (Å²) < 4.78 is 35.9. The average Bonchev–Trinajstić information content (AvgIpc) is 2.60. The molecule has 2 aromatic rings. The van der Waals surface area contributed by atoms with Crippen LogP contribution in [0.3, 0.4) is 0 Å². The van der Waals surface area contributed by atoms with E-state index in [0.29, 0.717) is 29.5 Å². The smallest absolute Gasteiger partial charge is 0.245 e. The molecule has 0 aromatic heterocycles. The van der Waals surface area contributed by atoms with Crippen molar-refractivity contribution in [2.75, 3.05) is 36.1 Å². The molecule has 26 heavy (non-hydrogen) atoms. The number of hydrogen-bond acceptors (Lipinski definition) is 5. The highest BCUT2D eigenvalue weighted by molar-refractivity contribution is 7.92. The molecule has 0 unspecified atom stereocenters. The fourth-order valence-electron chi connectivity index (χ4n) is 2.35. The monoisotopic (exact) mass is 378 g/mol. The predicted molar refractivity (Wildman–Crippen MR) is 101 cm³/mol. The van der Waals surface area contributed by atoms with Gasteiger partial charge in [-0.05, 0) is 43.3 Å². The molecular formula is C18H22N2O5S. The van der Waals surface area contributed by atoms with Crippen LogP contribution in [-0.2, 0) is 14.8 Å². The number of carbonyl (C=O) groups is 1. The van der Waals surface area contributed by atoms with E-state index in [1.54, 1.807) is 48.5 Å². The van der Waals surface area contributed by atoms with Crippen LogP contribution in [0.1, 0.15) is 6.92 Å². The van der Waals surface area contributed by atoms with Gasteiger partial charge in [0, 0.05) is 5.69 Å². The Morgan fingerprint density at radius 3 is 2.35 bits per heavy atom. The van der Waals surface area contributed by atoms with E-state index in [1.807, 2.05) is 6.92 Å². The third-order valence-electron chi connectivity index (χ3n) is 3.49. The highest BCUT2D eigenvalue weighted by Crippen LogP contribution is 2.29. The first kappa shape index (κ1) is 19.6. The summed E-state index contributed by atoms with van der Waals surface area (Å²) >= 11 is 0. The second kappa shape index (κ2) is 8.57. The molecule has 0 saturated heterocycles. The second-order valence-corrected chi connectivity index (χ2v) is 7.35. The zero-order valence-electron chi connectivity index (χ0n) is 14.9. The van der Waals surface area contributed by atoms with Gasteiger partial charge in [-0.25, -0.2) is 8.42 Å². The zero-order valence-corrected chi connectivity index (χ0v) is 15.7. The number of carbonyl (C=O) groups excluding carboxylic acids is 1. The normalized spacial score (nSPS) is 10.9. The summed E-state index contributed by atoms with van der Waals surface area (Å²) in [6.45, 7) is 2.06. The number of sulfonamides is 1. The average molecular weight is 378 g/mol. The Morgan fingerprint density at radius 1 is 1.12 bits per heavy atom. The van der Waals surface area contributed by atoms with Crippen LogP contribution in [0.15, 0.2) is 48.5 Å². The van der Waals surface area contributed by atoms with Crippen LogP contribution in [0.2, 0.25) is 0 Å². The third kappa shape index (κ3) is 5.13. The molecule has 0 fully saturated rings. The first-order valence-corrected chi connectivity index (χ1v) is 9.83. The fourth-order valence-corrected chi connectivity index (χ4v) is 3.21. The van der Waals surface area contributed by atoms with E-state index in [2.05, 4.69) is 5.32 Å². The van der Waals surface area contributed by atoms with Crippen LogP contribution < -0.4 is 19.1 Å². The molecule has 0 radical (unpaired) electrons. The van der Waals surface area contributed by atoms with Crippen molar-refractivity contribution < 1.29 is 22.7 Å². The Kier molecular flexibility index (Phi) is 6.46. The van der Waals surface area contributed by atoms with E-state index in [1.165, 1.54) is 7.11 Å². The Morgan fingerprint density at radius 2 is 1.77 bits per heavy atom. The number of hydrogen-bond donors (Lipinski definition) is 1. The molecule has 140 valence electrons. The molecule has 2 rings (SSSR count). The Bertz CT molecular complexity index is 850. The van der Waals surface area contributed by atoms with Crippen LogP contribution in [0.4, 0.5) is 11.4 Å². The summed E-state index contributed by atoms with van der Waals surface area (Å²) in [7, 11) is -2.24. The van der Waals surface area contributed by atoms with Crippen molar-refractivity contribution in [3.8, 4) is 11.5 Å². The SMILES string of the molecule is CCOc1ccc(NC(=O)CN(c2ccccc2OC)S(C)(=O)=O)cc1. The maximum absolute atomic E-state index is 12.4. The Hall–Kier alpha value is -2.74. The number of amides is 1. The predicted octanol–water partition coefficient (Wildman–Crippen LogP) is 2.50. The van der Waals surface area contributed by atoms with E-state index in [4.69, 9.17) is 9.47 Å². The summed E-state index contributed by atoms with van der Waals surface area (Å²) in [4.78, 5) is 12.4. The van der Waals surface area contributed by atoms with Crippen molar-refractivity contribution in [3.05, 3.63) is 48.5 Å². The van der Waals surface area contributed by atoms with E-state index in [0.717, 1.165) is 10.6 Å². The highest BCUT2D eigenvalue weighted by atomic mass is 32.2. The second-order valence-electron chi connectivity index (χ2n) is 5.45. The lowest BCUT2D eigenvalue weighted by Crippen LogP contribution is -2.37. The fraction of sp³-hybridized carbons (Fsp3) is 0.278. The van der Waals surface area contributed by atoms with Crippen molar-refractivity contribution >= 4 is 27.3 Å². The summed E-state index contributed by atoms with van der Waals surface area (Å²) in [6, 6.07) is 13.5. The largest absolute Gasteiger partial charge is 0.495 e. The van der Waals surface area contributed by atoms with Crippen molar-refractivity contribution in [1.82, 2.24) is 0 Å². The lowest BCUT2D eigenvalue weighted by molar-refractivity contribution is -0.114. The number of anilines is 2. The number of benzene rings is 2. The molecule has 0 aliphatic rings. The van der Waals surface area contributed by atoms with Gasteiger partial charge in [0.25, 0.3) is 0 Å². The van der Waals surface area contributed by atoms with E-state index >= 15 is 0 Å². The number of rotatable bonds is 8. The number of nitrogens with one attached hydrogen (secondary N) is 1. The van der Waals surface area contributed by atoms with Crippen LogP contribution in [0, 0.1) is 0 Å². The molecule has 0 aliphatic heterocycles. The van der Waals surface area contributed by atoms with Gasteiger partial charge in [0.2, 0.25) is 15.9 Å². The molecule has 0 aliphatic carbocycles. The van der Waals surface area contributed by atoms with Gasteiger partial charge in [-0.15, -0.1) is 0 Å². The number of nitrogens with zero attached hydrogens (tertiary/aromatic N) is 1. The summed E-state index contributed by atoms with van der Waals surface area (Å²) in [6.07, 6.45) is 1.05. The van der Waals surface area contributed by atoms with Gasteiger partial charge in [0.15, 0.2) is 0 Å². The Labute approximate surface area is 153 Å². The minimum atomic E-state index is -3.68. The Balaban J connectivity index is 2.17. The molecule has 0 spiro atoms. The summed E-state index contributed by atoms with van der Waals surface area (Å²) in [5.74, 6) is 0.592. The van der Waals surface area contributed by atoms with Crippen LogP contribution >= 0.6 is 0 Å². The topological polar surface area (TPSA) is 84.9 Å². The minimum Gasteiger partial charge on any atom is -0.495 e. The van der Waals surface area contributed by atoms with Crippen LogP contribution in [0.25, 0.3) is 0 Å². The van der Waals surface area contributed by atoms with Gasteiger partial charge in [-0.3, -0.25) is 9.10 Å². The molecule has 0 atom stereocenters. The molecule has 0 saturated carbocycles. The lowest BCUT2D eigenvalue weighted by Gasteiger charge is -2.23. The molecule has 7 nitrogen and oxygen atoms in total. The number of para-hydroxylation sites is 2. The molecule has 1 amide bonds. The minimum absolute atomic E-state index is 0.305. The van der Waals surface area contributed by atoms with Gasteiger partial charge in [-0.2, -0.15) is 0 Å². The molecule has 1 N–H and O–H groups in total. The number of methoxy groups -OCH3 is 1. The van der Waals surface area contributed by atoms with Gasteiger partial charge in [0.05, 0.1) is 25.7 Å². The van der Waals surface area contributed by atoms with Crippen molar-refractivity contribution in [3.63, 3.8) is 0 Å². The molecular weight excluding hydrogens is 356 g/mol. The zero-order chi connectivity index (χ0) is 19.2. The maximum Gasteiger partial charge on any atom is 0.245 e. The van der Waals surface area contributed by atoms with Crippen molar-refractivity contribution in [2.45, 2.75) is 6.92 Å². The van der Waals surface area contributed by atoms with Gasteiger partial charge >= 0.3 is 0 Å².